The number of imidazole rings is 1. The van der Waals surface area contributed by atoms with Gasteiger partial charge < -0.3 is 14.5 Å². The summed E-state index contributed by atoms with van der Waals surface area (Å²) in [5, 5.41) is 2.41. The number of aromatic nitrogens is 2. The summed E-state index contributed by atoms with van der Waals surface area (Å²) < 4.78 is 22.5. The summed E-state index contributed by atoms with van der Waals surface area (Å²) in [6.07, 6.45) is -0.655. The first-order valence-electron chi connectivity index (χ1n) is 7.31. The van der Waals surface area contributed by atoms with Gasteiger partial charge in [0.25, 0.3) is 0 Å². The van der Waals surface area contributed by atoms with Gasteiger partial charge >= 0.3 is 12.1 Å². The first-order chi connectivity index (χ1) is 12.0. The number of ether oxygens (including phenoxy) is 2. The van der Waals surface area contributed by atoms with E-state index in [4.69, 9.17) is 4.74 Å². The van der Waals surface area contributed by atoms with Crippen molar-refractivity contribution >= 4 is 29.0 Å². The Bertz CT molecular complexity index is 921. The summed E-state index contributed by atoms with van der Waals surface area (Å²) in [5.74, 6) is -0.668. The highest BCUT2D eigenvalue weighted by atomic mass is 19.1. The van der Waals surface area contributed by atoms with Crippen molar-refractivity contribution < 1.29 is 23.5 Å². The van der Waals surface area contributed by atoms with Crippen molar-refractivity contribution in [3.63, 3.8) is 0 Å². The number of esters is 1. The summed E-state index contributed by atoms with van der Waals surface area (Å²) in [4.78, 5) is 30.3. The van der Waals surface area contributed by atoms with Gasteiger partial charge in [-0.2, -0.15) is 0 Å². The van der Waals surface area contributed by atoms with E-state index in [1.807, 2.05) is 0 Å². The molecule has 128 valence electrons. The van der Waals surface area contributed by atoms with Crippen LogP contribution >= 0.6 is 0 Å². The number of H-pyrrole nitrogens is 1. The highest BCUT2D eigenvalue weighted by Crippen LogP contribution is 2.17. The zero-order chi connectivity index (χ0) is 17.8. The van der Waals surface area contributed by atoms with Gasteiger partial charge in [0.05, 0.1) is 23.7 Å². The average Bonchev–Trinajstić information content (AvgIpc) is 3.02. The van der Waals surface area contributed by atoms with Crippen LogP contribution in [-0.2, 0) is 16.1 Å². The fourth-order valence-corrected chi connectivity index (χ4v) is 2.16. The molecule has 0 aliphatic rings. The number of carbonyl (C=O) groups is 2. The Labute approximate surface area is 141 Å². The number of amides is 1. The van der Waals surface area contributed by atoms with E-state index in [9.17, 15) is 14.0 Å². The molecule has 0 aliphatic carbocycles. The van der Waals surface area contributed by atoms with Crippen LogP contribution in [0.1, 0.15) is 15.9 Å². The van der Waals surface area contributed by atoms with Crippen LogP contribution in [0.3, 0.4) is 0 Å². The molecule has 1 amide bonds. The van der Waals surface area contributed by atoms with E-state index in [0.717, 1.165) is 0 Å². The van der Waals surface area contributed by atoms with Crippen LogP contribution < -0.4 is 5.32 Å². The number of halogens is 1. The molecule has 8 heteroatoms. The molecular formula is C17H14FN3O4. The molecule has 1 heterocycles. The van der Waals surface area contributed by atoms with E-state index in [1.54, 1.807) is 30.3 Å². The Kier molecular flexibility index (Phi) is 4.60. The standard InChI is InChI=1S/C17H14FN3O4/c1-24-17(23)21-16-19-13-7-4-11(8-14(13)20-16)15(22)25-9-10-2-5-12(18)6-3-10/h2-8H,9H2,1H3,(H2,19,20,21,23). The Morgan fingerprint density at radius 3 is 2.68 bits per heavy atom. The number of rotatable bonds is 4. The van der Waals surface area contributed by atoms with Gasteiger partial charge in [-0.25, -0.2) is 19.0 Å². The summed E-state index contributed by atoms with van der Waals surface area (Å²) in [6, 6.07) is 10.5. The summed E-state index contributed by atoms with van der Waals surface area (Å²) in [5.41, 5.74) is 2.13. The number of hydrogen-bond donors (Lipinski definition) is 2. The van der Waals surface area contributed by atoms with Gasteiger partial charge in [0.15, 0.2) is 0 Å². The SMILES string of the molecule is COC(=O)Nc1nc2ccc(C(=O)OCc3ccc(F)cc3)cc2[nH]1. The monoisotopic (exact) mass is 343 g/mol. The lowest BCUT2D eigenvalue weighted by atomic mass is 10.2. The minimum absolute atomic E-state index is 0.0370. The Balaban J connectivity index is 1.70. The first kappa shape index (κ1) is 16.4. The number of carbonyl (C=O) groups excluding carboxylic acids is 2. The van der Waals surface area contributed by atoms with Crippen molar-refractivity contribution in [2.75, 3.05) is 12.4 Å². The fraction of sp³-hybridized carbons (Fsp3) is 0.118. The van der Waals surface area contributed by atoms with E-state index in [0.29, 0.717) is 22.2 Å². The van der Waals surface area contributed by atoms with Crippen LogP contribution in [0.4, 0.5) is 15.1 Å². The third-order valence-electron chi connectivity index (χ3n) is 3.41. The lowest BCUT2D eigenvalue weighted by Gasteiger charge is -2.05. The number of aromatic amines is 1. The van der Waals surface area contributed by atoms with Gasteiger partial charge in [0.2, 0.25) is 5.95 Å². The van der Waals surface area contributed by atoms with Crippen molar-refractivity contribution in [3.8, 4) is 0 Å². The number of nitrogens with one attached hydrogen (secondary N) is 2. The summed E-state index contributed by atoms with van der Waals surface area (Å²) >= 11 is 0. The fourth-order valence-electron chi connectivity index (χ4n) is 2.16. The maximum absolute atomic E-state index is 12.9. The average molecular weight is 343 g/mol. The minimum Gasteiger partial charge on any atom is -0.457 e. The molecule has 0 fully saturated rings. The van der Waals surface area contributed by atoms with Crippen LogP contribution in [0.2, 0.25) is 0 Å². The van der Waals surface area contributed by atoms with Gasteiger partial charge in [-0.1, -0.05) is 12.1 Å². The Morgan fingerprint density at radius 2 is 1.96 bits per heavy atom. The number of methoxy groups -OCH3 is 1. The minimum atomic E-state index is -0.655. The van der Waals surface area contributed by atoms with E-state index < -0.39 is 12.1 Å². The molecule has 2 aromatic carbocycles. The smallest absolute Gasteiger partial charge is 0.413 e. The van der Waals surface area contributed by atoms with Crippen LogP contribution in [-0.4, -0.2) is 29.1 Å². The lowest BCUT2D eigenvalue weighted by Crippen LogP contribution is -2.11. The summed E-state index contributed by atoms with van der Waals surface area (Å²) in [6.45, 7) is 0.0370. The molecule has 0 saturated carbocycles. The highest BCUT2D eigenvalue weighted by molar-refractivity contribution is 5.94. The van der Waals surface area contributed by atoms with Gasteiger partial charge in [0.1, 0.15) is 12.4 Å². The molecular weight excluding hydrogens is 329 g/mol. The molecule has 0 bridgehead atoms. The van der Waals surface area contributed by atoms with E-state index >= 15 is 0 Å². The molecule has 7 nitrogen and oxygen atoms in total. The Hall–Kier alpha value is -3.42. The third kappa shape index (κ3) is 3.92. The second-order valence-corrected chi connectivity index (χ2v) is 5.14. The molecule has 0 radical (unpaired) electrons. The van der Waals surface area contributed by atoms with Crippen LogP contribution in [0, 0.1) is 5.82 Å². The van der Waals surface area contributed by atoms with Crippen molar-refractivity contribution in [1.82, 2.24) is 9.97 Å². The lowest BCUT2D eigenvalue weighted by molar-refractivity contribution is 0.0473. The van der Waals surface area contributed by atoms with Crippen molar-refractivity contribution in [1.29, 1.82) is 0 Å². The number of fused-ring (bicyclic) bond motifs is 1. The van der Waals surface area contributed by atoms with Gasteiger partial charge in [-0.05, 0) is 35.9 Å². The molecule has 0 atom stereocenters. The molecule has 0 saturated heterocycles. The topological polar surface area (TPSA) is 93.3 Å². The van der Waals surface area contributed by atoms with Crippen LogP contribution in [0.5, 0.6) is 0 Å². The molecule has 0 aliphatic heterocycles. The zero-order valence-corrected chi connectivity index (χ0v) is 13.2. The maximum atomic E-state index is 12.9. The molecule has 25 heavy (non-hydrogen) atoms. The van der Waals surface area contributed by atoms with Crippen LogP contribution in [0.25, 0.3) is 11.0 Å². The van der Waals surface area contributed by atoms with Gasteiger partial charge in [-0.15, -0.1) is 0 Å². The van der Waals surface area contributed by atoms with Crippen molar-refractivity contribution in [2.45, 2.75) is 6.61 Å². The number of hydrogen-bond acceptors (Lipinski definition) is 5. The van der Waals surface area contributed by atoms with Gasteiger partial charge in [-0.3, -0.25) is 5.32 Å². The van der Waals surface area contributed by atoms with E-state index in [-0.39, 0.29) is 18.4 Å². The predicted octanol–water partition coefficient (Wildman–Crippen LogP) is 3.24. The molecule has 2 N–H and O–H groups in total. The molecule has 3 aromatic rings. The number of benzene rings is 2. The first-order valence-corrected chi connectivity index (χ1v) is 7.31. The number of anilines is 1. The maximum Gasteiger partial charge on any atom is 0.413 e. The number of nitrogens with zero attached hydrogens (tertiary/aromatic N) is 1. The zero-order valence-electron chi connectivity index (χ0n) is 13.2. The quantitative estimate of drug-likeness (QED) is 0.709. The van der Waals surface area contributed by atoms with Gasteiger partial charge in [0, 0.05) is 0 Å². The molecule has 0 unspecified atom stereocenters. The van der Waals surface area contributed by atoms with E-state index in [1.165, 1.54) is 19.2 Å². The molecule has 1 aromatic heterocycles. The third-order valence-corrected chi connectivity index (χ3v) is 3.41. The second kappa shape index (κ2) is 7.00. The van der Waals surface area contributed by atoms with Crippen LogP contribution in [0.15, 0.2) is 42.5 Å². The highest BCUT2D eigenvalue weighted by Gasteiger charge is 2.12. The second-order valence-electron chi connectivity index (χ2n) is 5.14. The van der Waals surface area contributed by atoms with E-state index in [2.05, 4.69) is 20.0 Å². The summed E-state index contributed by atoms with van der Waals surface area (Å²) in [7, 11) is 1.24. The largest absolute Gasteiger partial charge is 0.457 e. The molecule has 0 spiro atoms. The normalized spacial score (nSPS) is 10.5. The van der Waals surface area contributed by atoms with Crippen molar-refractivity contribution in [2.24, 2.45) is 0 Å². The van der Waals surface area contributed by atoms with Crippen molar-refractivity contribution in [3.05, 3.63) is 59.4 Å². The Morgan fingerprint density at radius 1 is 1.20 bits per heavy atom. The molecule has 3 rings (SSSR count). The predicted molar refractivity (Wildman–Crippen MR) is 87.6 cm³/mol.